The standard InChI is InChI=1S/C23H25ClN6O/c24-18-12-10-16(11-13-18)15-30-22(26-27-28-30)21-9-4-14-29(21)23(31)25-20-8-3-6-17-5-1-2-7-19(17)20/h1-2,5,7,10-13,20-21H,3-4,6,8-9,14-15H2,(H,25,31)/t20?,21-/m1/s1. The van der Waals surface area contributed by atoms with Gasteiger partial charge in [0.25, 0.3) is 0 Å². The molecule has 0 saturated carbocycles. The number of tetrazole rings is 1. The monoisotopic (exact) mass is 436 g/mol. The minimum atomic E-state index is -0.124. The molecule has 2 atom stereocenters. The molecular formula is C23H25ClN6O. The van der Waals surface area contributed by atoms with Crippen LogP contribution in [0.4, 0.5) is 4.79 Å². The molecule has 1 unspecified atom stereocenters. The van der Waals surface area contributed by atoms with Gasteiger partial charge in [-0.25, -0.2) is 9.48 Å². The van der Waals surface area contributed by atoms with Gasteiger partial charge < -0.3 is 10.2 Å². The molecule has 1 aliphatic carbocycles. The van der Waals surface area contributed by atoms with Crippen molar-refractivity contribution in [1.29, 1.82) is 0 Å². The van der Waals surface area contributed by atoms with E-state index in [0.29, 0.717) is 18.1 Å². The normalized spacial score (nSPS) is 20.5. The first-order valence-corrected chi connectivity index (χ1v) is 11.2. The van der Waals surface area contributed by atoms with Gasteiger partial charge in [0.2, 0.25) is 0 Å². The summed E-state index contributed by atoms with van der Waals surface area (Å²) in [6, 6.07) is 16.0. The number of carbonyl (C=O) groups excluding carboxylic acids is 1. The number of nitrogens with one attached hydrogen (secondary N) is 1. The topological polar surface area (TPSA) is 75.9 Å². The predicted molar refractivity (Wildman–Crippen MR) is 118 cm³/mol. The van der Waals surface area contributed by atoms with Crippen molar-refractivity contribution in [3.63, 3.8) is 0 Å². The zero-order valence-corrected chi connectivity index (χ0v) is 18.0. The fraction of sp³-hybridized carbons (Fsp3) is 0.391. The van der Waals surface area contributed by atoms with E-state index in [0.717, 1.165) is 43.5 Å². The van der Waals surface area contributed by atoms with Crippen LogP contribution in [-0.2, 0) is 13.0 Å². The van der Waals surface area contributed by atoms with Crippen LogP contribution >= 0.6 is 11.6 Å². The molecule has 3 aromatic rings. The molecule has 2 amide bonds. The number of carbonyl (C=O) groups is 1. The van der Waals surface area contributed by atoms with Gasteiger partial charge >= 0.3 is 6.03 Å². The third-order valence-electron chi connectivity index (χ3n) is 6.28. The maximum atomic E-state index is 13.3. The number of urea groups is 1. The molecule has 0 bridgehead atoms. The Bertz CT molecular complexity index is 1070. The van der Waals surface area contributed by atoms with Gasteiger partial charge in [0.05, 0.1) is 18.6 Å². The summed E-state index contributed by atoms with van der Waals surface area (Å²) < 4.78 is 1.79. The van der Waals surface area contributed by atoms with Crippen LogP contribution in [0.3, 0.4) is 0 Å². The number of likely N-dealkylation sites (tertiary alicyclic amines) is 1. The molecule has 7 nitrogen and oxygen atoms in total. The lowest BCUT2D eigenvalue weighted by atomic mass is 9.88. The number of nitrogens with zero attached hydrogens (tertiary/aromatic N) is 5. The summed E-state index contributed by atoms with van der Waals surface area (Å²) in [6.45, 7) is 1.25. The van der Waals surface area contributed by atoms with Gasteiger partial charge in [0.1, 0.15) is 0 Å². The van der Waals surface area contributed by atoms with Gasteiger partial charge in [-0.15, -0.1) is 5.10 Å². The second-order valence-electron chi connectivity index (χ2n) is 8.27. The van der Waals surface area contributed by atoms with Crippen LogP contribution in [-0.4, -0.2) is 37.7 Å². The molecule has 160 valence electrons. The van der Waals surface area contributed by atoms with Crippen molar-refractivity contribution in [3.05, 3.63) is 76.1 Å². The quantitative estimate of drug-likeness (QED) is 0.661. The van der Waals surface area contributed by atoms with Crippen molar-refractivity contribution >= 4 is 17.6 Å². The van der Waals surface area contributed by atoms with Crippen molar-refractivity contribution in [3.8, 4) is 0 Å². The van der Waals surface area contributed by atoms with Crippen LogP contribution in [0.5, 0.6) is 0 Å². The number of halogens is 1. The van der Waals surface area contributed by atoms with E-state index in [1.807, 2.05) is 35.2 Å². The smallest absolute Gasteiger partial charge is 0.318 e. The summed E-state index contributed by atoms with van der Waals surface area (Å²) >= 11 is 6.00. The summed E-state index contributed by atoms with van der Waals surface area (Å²) in [5, 5.41) is 16.3. The van der Waals surface area contributed by atoms with Crippen LogP contribution in [0, 0.1) is 0 Å². The minimum absolute atomic E-state index is 0.0368. The number of hydrogen-bond acceptors (Lipinski definition) is 4. The number of fused-ring (bicyclic) bond motifs is 1. The van der Waals surface area contributed by atoms with Crippen molar-refractivity contribution in [2.24, 2.45) is 0 Å². The Kier molecular flexibility index (Phi) is 5.59. The molecule has 2 heterocycles. The first-order valence-electron chi connectivity index (χ1n) is 10.8. The van der Waals surface area contributed by atoms with E-state index in [4.69, 9.17) is 11.6 Å². The Balaban J connectivity index is 1.32. The lowest BCUT2D eigenvalue weighted by molar-refractivity contribution is 0.184. The Hall–Kier alpha value is -2.93. The van der Waals surface area contributed by atoms with Crippen LogP contribution in [0.25, 0.3) is 0 Å². The van der Waals surface area contributed by atoms with Gasteiger partial charge in [-0.3, -0.25) is 0 Å². The highest BCUT2D eigenvalue weighted by Crippen LogP contribution is 2.33. The van der Waals surface area contributed by atoms with Gasteiger partial charge in [0, 0.05) is 11.6 Å². The fourth-order valence-electron chi connectivity index (χ4n) is 4.74. The van der Waals surface area contributed by atoms with Crippen LogP contribution in [0.2, 0.25) is 5.02 Å². The van der Waals surface area contributed by atoms with E-state index in [-0.39, 0.29) is 18.1 Å². The zero-order valence-electron chi connectivity index (χ0n) is 17.2. The maximum Gasteiger partial charge on any atom is 0.318 e. The van der Waals surface area contributed by atoms with Crippen LogP contribution < -0.4 is 5.32 Å². The van der Waals surface area contributed by atoms with Crippen molar-refractivity contribution in [2.75, 3.05) is 6.54 Å². The SMILES string of the molecule is O=C(NC1CCCc2ccccc21)N1CCC[C@@H]1c1nnnn1Cc1ccc(Cl)cc1. The molecule has 1 aromatic heterocycles. The summed E-state index contributed by atoms with van der Waals surface area (Å²) in [4.78, 5) is 15.1. The van der Waals surface area contributed by atoms with Gasteiger partial charge in [0.15, 0.2) is 5.82 Å². The summed E-state index contributed by atoms with van der Waals surface area (Å²) in [5.74, 6) is 0.728. The molecule has 5 rings (SSSR count). The molecule has 31 heavy (non-hydrogen) atoms. The highest BCUT2D eigenvalue weighted by molar-refractivity contribution is 6.30. The zero-order chi connectivity index (χ0) is 21.2. The Morgan fingerprint density at radius 2 is 1.94 bits per heavy atom. The molecule has 1 fully saturated rings. The second-order valence-corrected chi connectivity index (χ2v) is 8.70. The third kappa shape index (κ3) is 4.14. The Morgan fingerprint density at radius 3 is 2.81 bits per heavy atom. The average Bonchev–Trinajstić information content (AvgIpc) is 3.45. The number of amides is 2. The summed E-state index contributed by atoms with van der Waals surface area (Å²) in [6.07, 6.45) is 4.93. The highest BCUT2D eigenvalue weighted by Gasteiger charge is 2.35. The highest BCUT2D eigenvalue weighted by atomic mass is 35.5. The summed E-state index contributed by atoms with van der Waals surface area (Å²) in [5.41, 5.74) is 3.64. The summed E-state index contributed by atoms with van der Waals surface area (Å²) in [7, 11) is 0. The molecule has 1 saturated heterocycles. The number of hydrogen-bond donors (Lipinski definition) is 1. The van der Waals surface area contributed by atoms with E-state index in [9.17, 15) is 4.79 Å². The lowest BCUT2D eigenvalue weighted by Crippen LogP contribution is -2.42. The van der Waals surface area contributed by atoms with Crippen LogP contribution in [0.1, 0.15) is 60.3 Å². The largest absolute Gasteiger partial charge is 0.331 e. The van der Waals surface area contributed by atoms with Gasteiger partial charge in [-0.1, -0.05) is 48.0 Å². The molecule has 0 spiro atoms. The maximum absolute atomic E-state index is 13.3. The van der Waals surface area contributed by atoms with Crippen molar-refractivity contribution in [1.82, 2.24) is 30.4 Å². The van der Waals surface area contributed by atoms with Crippen LogP contribution in [0.15, 0.2) is 48.5 Å². The first-order chi connectivity index (χ1) is 15.2. The van der Waals surface area contributed by atoms with Gasteiger partial charge in [-0.05, 0) is 71.4 Å². The second kappa shape index (κ2) is 8.67. The van der Waals surface area contributed by atoms with E-state index in [1.54, 1.807) is 4.68 Å². The molecule has 2 aliphatic rings. The first kappa shape index (κ1) is 20.0. The molecular weight excluding hydrogens is 412 g/mol. The van der Waals surface area contributed by atoms with Crippen molar-refractivity contribution < 1.29 is 4.79 Å². The van der Waals surface area contributed by atoms with E-state index >= 15 is 0 Å². The number of aryl methyl sites for hydroxylation is 1. The lowest BCUT2D eigenvalue weighted by Gasteiger charge is -2.30. The van der Waals surface area contributed by atoms with Crippen molar-refractivity contribution in [2.45, 2.75) is 50.7 Å². The van der Waals surface area contributed by atoms with E-state index in [2.05, 4.69) is 39.0 Å². The average molecular weight is 437 g/mol. The van der Waals surface area contributed by atoms with E-state index in [1.165, 1.54) is 11.1 Å². The molecule has 8 heteroatoms. The van der Waals surface area contributed by atoms with Gasteiger partial charge in [-0.2, -0.15) is 0 Å². The number of aromatic nitrogens is 4. The molecule has 1 N–H and O–H groups in total. The Labute approximate surface area is 186 Å². The molecule has 0 radical (unpaired) electrons. The van der Waals surface area contributed by atoms with E-state index < -0.39 is 0 Å². The Morgan fingerprint density at radius 1 is 1.10 bits per heavy atom. The fourth-order valence-corrected chi connectivity index (χ4v) is 4.87. The molecule has 1 aliphatic heterocycles. The third-order valence-corrected chi connectivity index (χ3v) is 6.54. The predicted octanol–water partition coefficient (Wildman–Crippen LogP) is 4.30. The number of rotatable bonds is 4. The number of benzene rings is 2. The minimum Gasteiger partial charge on any atom is -0.331 e. The molecule has 2 aromatic carbocycles.